The van der Waals surface area contributed by atoms with Gasteiger partial charge in [-0.3, -0.25) is 0 Å². The van der Waals surface area contributed by atoms with Crippen molar-refractivity contribution in [2.45, 2.75) is 32.3 Å². The van der Waals surface area contributed by atoms with Crippen molar-refractivity contribution in [2.24, 2.45) is 0 Å². The molecule has 14 heavy (non-hydrogen) atoms. The molecule has 1 atom stereocenters. The van der Waals surface area contributed by atoms with Crippen molar-refractivity contribution in [1.29, 1.82) is 0 Å². The van der Waals surface area contributed by atoms with Crippen LogP contribution in [0, 0.1) is 0 Å². The maximum absolute atomic E-state index is 12.6. The smallest absolute Gasteiger partial charge is 0.389 e. The lowest BCUT2D eigenvalue weighted by Gasteiger charge is -2.11. The van der Waals surface area contributed by atoms with E-state index in [4.69, 9.17) is 0 Å². The molecule has 0 rings (SSSR count). The normalized spacial score (nSPS) is 13.5. The summed E-state index contributed by atoms with van der Waals surface area (Å²) in [6.45, 7) is 4.43. The van der Waals surface area contributed by atoms with Gasteiger partial charge in [-0.1, -0.05) is 6.58 Å². The summed E-state index contributed by atoms with van der Waals surface area (Å²) in [5.41, 5.74) is -0.0559. The molecule has 0 saturated carbocycles. The van der Waals surface area contributed by atoms with E-state index in [1.807, 2.05) is 0 Å². The molecule has 0 radical (unpaired) electrons. The zero-order valence-electron chi connectivity index (χ0n) is 7.53. The van der Waals surface area contributed by atoms with Crippen LogP contribution in [-0.4, -0.2) is 18.5 Å². The second-order valence-corrected chi connectivity index (χ2v) is 2.75. The van der Waals surface area contributed by atoms with Gasteiger partial charge in [-0.25, -0.2) is 9.18 Å². The van der Waals surface area contributed by atoms with Crippen molar-refractivity contribution in [1.82, 2.24) is 0 Å². The van der Waals surface area contributed by atoms with Crippen molar-refractivity contribution in [3.8, 4) is 0 Å². The Balaban J connectivity index is 3.82. The number of hydrogen-bond acceptors (Lipinski definition) is 2. The number of rotatable bonds is 4. The van der Waals surface area contributed by atoms with Crippen molar-refractivity contribution in [3.05, 3.63) is 12.2 Å². The van der Waals surface area contributed by atoms with Crippen molar-refractivity contribution in [3.63, 3.8) is 0 Å². The molecule has 1 unspecified atom stereocenters. The Kier molecular flexibility index (Phi) is 4.59. The Labute approximate surface area is 78.5 Å². The molecule has 0 aromatic heterocycles. The molecule has 0 heterocycles. The van der Waals surface area contributed by atoms with Crippen molar-refractivity contribution >= 4 is 5.97 Å². The molecule has 0 saturated heterocycles. The number of carbonyl (C=O) groups excluding carboxylic acids is 1. The summed E-state index contributed by atoms with van der Waals surface area (Å²) in [5.74, 6) is -1.03. The molecule has 0 amide bonds. The Morgan fingerprint density at radius 1 is 1.50 bits per heavy atom. The lowest BCUT2D eigenvalue weighted by atomic mass is 10.3. The van der Waals surface area contributed by atoms with Gasteiger partial charge in [0.25, 0.3) is 0 Å². The van der Waals surface area contributed by atoms with Crippen LogP contribution in [0.3, 0.4) is 0 Å². The second kappa shape index (κ2) is 4.97. The van der Waals surface area contributed by atoms with Crippen molar-refractivity contribution < 1.29 is 27.1 Å². The van der Waals surface area contributed by atoms with E-state index in [0.717, 1.165) is 0 Å². The summed E-state index contributed by atoms with van der Waals surface area (Å²) in [7, 11) is 0. The molecule has 0 N–H and O–H groups in total. The topological polar surface area (TPSA) is 26.3 Å². The minimum absolute atomic E-state index is 0.0559. The first-order valence-electron chi connectivity index (χ1n) is 3.79. The molecule has 0 aliphatic heterocycles. The van der Waals surface area contributed by atoms with Gasteiger partial charge in [0.15, 0.2) is 0 Å². The predicted molar refractivity (Wildman–Crippen MR) is 41.1 cm³/mol. The summed E-state index contributed by atoms with van der Waals surface area (Å²) < 4.78 is 51.3. The van der Waals surface area contributed by atoms with E-state index in [0.29, 0.717) is 0 Å². The zero-order chi connectivity index (χ0) is 11.4. The molecule has 2 nitrogen and oxygen atoms in total. The quantitative estimate of drug-likeness (QED) is 0.408. The van der Waals surface area contributed by atoms with Gasteiger partial charge in [0, 0.05) is 18.4 Å². The summed E-state index contributed by atoms with van der Waals surface area (Å²) in [5, 5.41) is 0. The van der Waals surface area contributed by atoms with Crippen LogP contribution >= 0.6 is 0 Å². The highest BCUT2D eigenvalue weighted by atomic mass is 19.4. The van der Waals surface area contributed by atoms with Crippen LogP contribution in [0.1, 0.15) is 19.8 Å². The van der Waals surface area contributed by atoms with Crippen LogP contribution in [0.25, 0.3) is 0 Å². The molecule has 6 heteroatoms. The first-order valence-corrected chi connectivity index (χ1v) is 3.79. The zero-order valence-corrected chi connectivity index (χ0v) is 7.53. The lowest BCUT2D eigenvalue weighted by Crippen LogP contribution is -2.17. The predicted octanol–water partition coefficient (Wildman–Crippen LogP) is 2.74. The van der Waals surface area contributed by atoms with Crippen LogP contribution in [0.5, 0.6) is 0 Å². The van der Waals surface area contributed by atoms with E-state index in [2.05, 4.69) is 11.3 Å². The van der Waals surface area contributed by atoms with Gasteiger partial charge in [0.1, 0.15) is 0 Å². The fraction of sp³-hybridized carbons (Fsp3) is 0.625. The molecule has 0 spiro atoms. The SMILES string of the molecule is C=C(C)C(=O)OC(F)CCC(F)(F)F. The third-order valence-electron chi connectivity index (χ3n) is 1.24. The fourth-order valence-corrected chi connectivity index (χ4v) is 0.553. The average molecular weight is 214 g/mol. The van der Waals surface area contributed by atoms with E-state index >= 15 is 0 Å². The van der Waals surface area contributed by atoms with Crippen LogP contribution in [-0.2, 0) is 9.53 Å². The summed E-state index contributed by atoms with van der Waals surface area (Å²) >= 11 is 0. The molecular formula is C8H10F4O2. The van der Waals surface area contributed by atoms with Gasteiger partial charge < -0.3 is 4.74 Å². The third kappa shape index (κ3) is 6.45. The van der Waals surface area contributed by atoms with Gasteiger partial charge in [0.2, 0.25) is 6.36 Å². The Bertz CT molecular complexity index is 222. The lowest BCUT2D eigenvalue weighted by molar-refractivity contribution is -0.165. The number of carbonyl (C=O) groups is 1. The minimum Gasteiger partial charge on any atom is -0.428 e. The number of esters is 1. The highest BCUT2D eigenvalue weighted by Crippen LogP contribution is 2.23. The van der Waals surface area contributed by atoms with E-state index in [1.54, 1.807) is 0 Å². The molecule has 0 aliphatic rings. The maximum atomic E-state index is 12.6. The molecule has 0 aromatic rings. The number of alkyl halides is 4. The second-order valence-electron chi connectivity index (χ2n) is 2.75. The van der Waals surface area contributed by atoms with Crippen LogP contribution < -0.4 is 0 Å². The third-order valence-corrected chi connectivity index (χ3v) is 1.24. The van der Waals surface area contributed by atoms with Gasteiger partial charge in [-0.05, 0) is 6.92 Å². The molecule has 0 aliphatic carbocycles. The number of halogens is 4. The highest BCUT2D eigenvalue weighted by molar-refractivity contribution is 5.86. The van der Waals surface area contributed by atoms with E-state index in [1.165, 1.54) is 6.92 Å². The fourth-order valence-electron chi connectivity index (χ4n) is 0.553. The highest BCUT2D eigenvalue weighted by Gasteiger charge is 2.29. The van der Waals surface area contributed by atoms with Gasteiger partial charge in [-0.2, -0.15) is 13.2 Å². The van der Waals surface area contributed by atoms with Crippen LogP contribution in [0.2, 0.25) is 0 Å². The Morgan fingerprint density at radius 2 is 2.00 bits per heavy atom. The molecule has 0 fully saturated rings. The van der Waals surface area contributed by atoms with E-state index in [-0.39, 0.29) is 5.57 Å². The Morgan fingerprint density at radius 3 is 2.36 bits per heavy atom. The van der Waals surface area contributed by atoms with Gasteiger partial charge in [0.05, 0.1) is 0 Å². The molecule has 82 valence electrons. The monoisotopic (exact) mass is 214 g/mol. The van der Waals surface area contributed by atoms with Crippen LogP contribution in [0.4, 0.5) is 17.6 Å². The summed E-state index contributed by atoms with van der Waals surface area (Å²) in [4.78, 5) is 10.6. The molecule has 0 aromatic carbocycles. The standard InChI is InChI=1S/C8H10F4O2/c1-5(2)7(13)14-6(9)3-4-8(10,11)12/h6H,1,3-4H2,2H3. The number of ether oxygens (including phenoxy) is 1. The molecular weight excluding hydrogens is 204 g/mol. The van der Waals surface area contributed by atoms with E-state index in [9.17, 15) is 22.4 Å². The van der Waals surface area contributed by atoms with Crippen LogP contribution in [0.15, 0.2) is 12.2 Å². The van der Waals surface area contributed by atoms with Gasteiger partial charge >= 0.3 is 12.1 Å². The van der Waals surface area contributed by atoms with E-state index < -0.39 is 31.3 Å². The first kappa shape index (κ1) is 12.9. The molecule has 0 bridgehead atoms. The van der Waals surface area contributed by atoms with Crippen molar-refractivity contribution in [2.75, 3.05) is 0 Å². The average Bonchev–Trinajstić information content (AvgIpc) is 1.99. The Hall–Kier alpha value is -1.07. The minimum atomic E-state index is -4.44. The van der Waals surface area contributed by atoms with Gasteiger partial charge in [-0.15, -0.1) is 0 Å². The maximum Gasteiger partial charge on any atom is 0.389 e. The first-order chi connectivity index (χ1) is 6.22. The largest absolute Gasteiger partial charge is 0.428 e. The summed E-state index contributed by atoms with van der Waals surface area (Å²) in [6.07, 6.45) is -8.89. The number of hydrogen-bond donors (Lipinski definition) is 0. The summed E-state index contributed by atoms with van der Waals surface area (Å²) in [6, 6.07) is 0.